The summed E-state index contributed by atoms with van der Waals surface area (Å²) in [4.78, 5) is 8.68. The molecule has 78 valence electrons. The fraction of sp³-hybridized carbons (Fsp3) is 0.273. The van der Waals surface area contributed by atoms with E-state index in [2.05, 4.69) is 9.97 Å². The van der Waals surface area contributed by atoms with Gasteiger partial charge in [-0.05, 0) is 12.1 Å². The molecule has 1 aromatic heterocycles. The monoisotopic (exact) mass is 204 g/mol. The van der Waals surface area contributed by atoms with Gasteiger partial charge in [-0.2, -0.15) is 0 Å². The van der Waals surface area contributed by atoms with E-state index in [1.807, 2.05) is 24.3 Å². The molecular weight excluding hydrogens is 192 g/mol. The minimum absolute atomic E-state index is 0.456. The molecule has 2 aromatic rings. The molecule has 0 spiro atoms. The van der Waals surface area contributed by atoms with Gasteiger partial charge in [0.15, 0.2) is 0 Å². The number of fused-ring (bicyclic) bond motifs is 1. The van der Waals surface area contributed by atoms with Crippen LogP contribution in [0.25, 0.3) is 11.0 Å². The number of aromatic nitrogens is 2. The summed E-state index contributed by atoms with van der Waals surface area (Å²) in [5.74, 6) is 0. The van der Waals surface area contributed by atoms with Gasteiger partial charge in [-0.1, -0.05) is 12.1 Å². The first-order chi connectivity index (χ1) is 7.35. The van der Waals surface area contributed by atoms with Gasteiger partial charge < -0.3 is 9.47 Å². The summed E-state index contributed by atoms with van der Waals surface area (Å²) in [6.07, 6.45) is 1.21. The zero-order valence-electron chi connectivity index (χ0n) is 8.68. The van der Waals surface area contributed by atoms with Crippen molar-refractivity contribution in [3.8, 4) is 0 Å². The Bertz CT molecular complexity index is 455. The van der Waals surface area contributed by atoms with Crippen LogP contribution in [0.15, 0.2) is 30.5 Å². The number of benzene rings is 1. The molecule has 1 aromatic carbocycles. The van der Waals surface area contributed by atoms with E-state index in [4.69, 9.17) is 9.47 Å². The van der Waals surface area contributed by atoms with Crippen molar-refractivity contribution in [2.75, 3.05) is 14.2 Å². The summed E-state index contributed by atoms with van der Waals surface area (Å²) < 4.78 is 10.2. The summed E-state index contributed by atoms with van der Waals surface area (Å²) in [5.41, 5.74) is 2.39. The third-order valence-corrected chi connectivity index (χ3v) is 2.14. The van der Waals surface area contributed by atoms with Crippen molar-refractivity contribution in [1.82, 2.24) is 9.97 Å². The van der Waals surface area contributed by atoms with Gasteiger partial charge in [0.2, 0.25) is 6.29 Å². The van der Waals surface area contributed by atoms with Gasteiger partial charge in [-0.3, -0.25) is 4.98 Å². The Kier molecular flexibility index (Phi) is 2.89. The van der Waals surface area contributed by atoms with Gasteiger partial charge in [0.25, 0.3) is 0 Å². The van der Waals surface area contributed by atoms with E-state index in [1.54, 1.807) is 20.4 Å². The number of nitrogens with zero attached hydrogens (tertiary/aromatic N) is 2. The van der Waals surface area contributed by atoms with E-state index in [9.17, 15) is 0 Å². The Morgan fingerprint density at radius 1 is 1.07 bits per heavy atom. The number of ether oxygens (including phenoxy) is 2. The van der Waals surface area contributed by atoms with Crippen LogP contribution in [0.2, 0.25) is 0 Å². The quantitative estimate of drug-likeness (QED) is 0.716. The van der Waals surface area contributed by atoms with Gasteiger partial charge in [-0.25, -0.2) is 4.98 Å². The Hall–Kier alpha value is -1.52. The average molecular weight is 204 g/mol. The molecule has 4 nitrogen and oxygen atoms in total. The molecule has 0 saturated carbocycles. The van der Waals surface area contributed by atoms with Crippen molar-refractivity contribution in [2.45, 2.75) is 6.29 Å². The minimum atomic E-state index is -0.456. The topological polar surface area (TPSA) is 44.2 Å². The maximum absolute atomic E-state index is 5.11. The second-order valence-corrected chi connectivity index (χ2v) is 3.09. The predicted molar refractivity (Wildman–Crippen MR) is 56.3 cm³/mol. The zero-order valence-corrected chi connectivity index (χ0v) is 8.68. The molecule has 0 bridgehead atoms. The first-order valence-electron chi connectivity index (χ1n) is 4.62. The van der Waals surface area contributed by atoms with Gasteiger partial charge in [-0.15, -0.1) is 0 Å². The second-order valence-electron chi connectivity index (χ2n) is 3.09. The Balaban J connectivity index is 2.46. The number of hydrogen-bond acceptors (Lipinski definition) is 4. The van der Waals surface area contributed by atoms with Gasteiger partial charge in [0.05, 0.1) is 17.2 Å². The highest BCUT2D eigenvalue weighted by atomic mass is 16.7. The van der Waals surface area contributed by atoms with E-state index < -0.39 is 6.29 Å². The van der Waals surface area contributed by atoms with Crippen molar-refractivity contribution in [3.05, 3.63) is 36.2 Å². The van der Waals surface area contributed by atoms with Gasteiger partial charge in [0.1, 0.15) is 5.69 Å². The van der Waals surface area contributed by atoms with E-state index >= 15 is 0 Å². The molecule has 0 fully saturated rings. The van der Waals surface area contributed by atoms with Crippen LogP contribution in [0, 0.1) is 0 Å². The lowest BCUT2D eigenvalue weighted by Gasteiger charge is -2.12. The van der Waals surface area contributed by atoms with Crippen LogP contribution in [-0.4, -0.2) is 24.2 Å². The van der Waals surface area contributed by atoms with Crippen molar-refractivity contribution in [1.29, 1.82) is 0 Å². The van der Waals surface area contributed by atoms with E-state index in [0.29, 0.717) is 5.69 Å². The minimum Gasteiger partial charge on any atom is -0.350 e. The largest absolute Gasteiger partial charge is 0.350 e. The third-order valence-electron chi connectivity index (χ3n) is 2.14. The maximum Gasteiger partial charge on any atom is 0.202 e. The molecule has 0 radical (unpaired) electrons. The van der Waals surface area contributed by atoms with Crippen LogP contribution in [-0.2, 0) is 9.47 Å². The number of para-hydroxylation sites is 2. The molecule has 0 atom stereocenters. The van der Waals surface area contributed by atoms with E-state index in [1.165, 1.54) is 0 Å². The summed E-state index contributed by atoms with van der Waals surface area (Å²) in [6.45, 7) is 0. The SMILES string of the molecule is COC(OC)c1cnc2ccccc2n1. The molecule has 0 saturated heterocycles. The highest BCUT2D eigenvalue weighted by Crippen LogP contribution is 2.16. The highest BCUT2D eigenvalue weighted by Gasteiger charge is 2.11. The van der Waals surface area contributed by atoms with Crippen molar-refractivity contribution < 1.29 is 9.47 Å². The molecule has 0 aliphatic carbocycles. The van der Waals surface area contributed by atoms with Crippen LogP contribution >= 0.6 is 0 Å². The molecule has 15 heavy (non-hydrogen) atoms. The number of methoxy groups -OCH3 is 2. The van der Waals surface area contributed by atoms with Crippen molar-refractivity contribution in [3.63, 3.8) is 0 Å². The maximum atomic E-state index is 5.11. The second kappa shape index (κ2) is 4.33. The van der Waals surface area contributed by atoms with Crippen LogP contribution in [0.4, 0.5) is 0 Å². The number of rotatable bonds is 3. The fourth-order valence-corrected chi connectivity index (χ4v) is 1.42. The summed E-state index contributed by atoms with van der Waals surface area (Å²) >= 11 is 0. The first kappa shape index (κ1) is 10.0. The summed E-state index contributed by atoms with van der Waals surface area (Å²) in [5, 5.41) is 0. The number of hydrogen-bond donors (Lipinski definition) is 0. The first-order valence-corrected chi connectivity index (χ1v) is 4.62. The molecule has 2 rings (SSSR count). The third kappa shape index (κ3) is 1.95. The summed E-state index contributed by atoms with van der Waals surface area (Å²) in [7, 11) is 3.15. The molecular formula is C11H12N2O2. The standard InChI is InChI=1S/C11H12N2O2/c1-14-11(15-2)10-7-12-8-5-3-4-6-9(8)13-10/h3-7,11H,1-2H3. The molecule has 0 amide bonds. The van der Waals surface area contributed by atoms with E-state index in [0.717, 1.165) is 11.0 Å². The van der Waals surface area contributed by atoms with Crippen molar-refractivity contribution >= 4 is 11.0 Å². The van der Waals surface area contributed by atoms with Crippen LogP contribution in [0.1, 0.15) is 12.0 Å². The van der Waals surface area contributed by atoms with Crippen LogP contribution in [0.5, 0.6) is 0 Å². The van der Waals surface area contributed by atoms with Crippen molar-refractivity contribution in [2.24, 2.45) is 0 Å². The van der Waals surface area contributed by atoms with Crippen LogP contribution < -0.4 is 0 Å². The molecule has 0 aliphatic rings. The lowest BCUT2D eigenvalue weighted by atomic mass is 10.3. The Labute approximate surface area is 87.9 Å². The Morgan fingerprint density at radius 3 is 2.40 bits per heavy atom. The lowest BCUT2D eigenvalue weighted by molar-refractivity contribution is -0.108. The highest BCUT2D eigenvalue weighted by molar-refractivity contribution is 5.73. The molecule has 0 unspecified atom stereocenters. The molecule has 4 heteroatoms. The molecule has 1 heterocycles. The molecule has 0 N–H and O–H groups in total. The van der Waals surface area contributed by atoms with Gasteiger partial charge >= 0.3 is 0 Å². The molecule has 0 aliphatic heterocycles. The zero-order chi connectivity index (χ0) is 10.7. The summed E-state index contributed by atoms with van der Waals surface area (Å²) in [6, 6.07) is 7.69. The smallest absolute Gasteiger partial charge is 0.202 e. The average Bonchev–Trinajstić information content (AvgIpc) is 2.30. The van der Waals surface area contributed by atoms with Crippen LogP contribution in [0.3, 0.4) is 0 Å². The van der Waals surface area contributed by atoms with E-state index in [-0.39, 0.29) is 0 Å². The predicted octanol–water partition coefficient (Wildman–Crippen LogP) is 1.92. The normalized spacial score (nSPS) is 11.1. The Morgan fingerprint density at radius 2 is 1.73 bits per heavy atom. The fourth-order valence-electron chi connectivity index (χ4n) is 1.42. The lowest BCUT2D eigenvalue weighted by Crippen LogP contribution is -2.06. The van der Waals surface area contributed by atoms with Gasteiger partial charge in [0, 0.05) is 14.2 Å².